The molecule has 0 aliphatic heterocycles. The Morgan fingerprint density at radius 1 is 1.04 bits per heavy atom. The molecular weight excluding hydrogens is 383 g/mol. The van der Waals surface area contributed by atoms with Crippen LogP contribution in [0.4, 0.5) is 15.8 Å². The van der Waals surface area contributed by atoms with Crippen LogP contribution in [0.2, 0.25) is 0 Å². The molecule has 0 aliphatic rings. The van der Waals surface area contributed by atoms with Gasteiger partial charge in [0.25, 0.3) is 0 Å². The summed E-state index contributed by atoms with van der Waals surface area (Å²) in [6.07, 6.45) is 0.235. The average molecular weight is 404 g/mol. The molecule has 8 heteroatoms. The van der Waals surface area contributed by atoms with Gasteiger partial charge in [-0.05, 0) is 48.9 Å². The highest BCUT2D eigenvalue weighted by atomic mass is 32.2. The van der Waals surface area contributed by atoms with Gasteiger partial charge >= 0.3 is 5.97 Å². The highest BCUT2D eigenvalue weighted by molar-refractivity contribution is 8.00. The Morgan fingerprint density at radius 3 is 2.39 bits per heavy atom. The van der Waals surface area contributed by atoms with Gasteiger partial charge in [0.05, 0.1) is 11.7 Å². The van der Waals surface area contributed by atoms with Crippen LogP contribution < -0.4 is 10.6 Å². The van der Waals surface area contributed by atoms with E-state index in [4.69, 9.17) is 5.11 Å². The van der Waals surface area contributed by atoms with Gasteiger partial charge in [-0.25, -0.2) is 4.39 Å². The summed E-state index contributed by atoms with van der Waals surface area (Å²) in [4.78, 5) is 35.6. The number of anilines is 2. The highest BCUT2D eigenvalue weighted by Crippen LogP contribution is 2.28. The van der Waals surface area contributed by atoms with E-state index in [9.17, 15) is 18.8 Å². The summed E-state index contributed by atoms with van der Waals surface area (Å²) in [6, 6.07) is 12.6. The fraction of sp³-hybridized carbons (Fsp3) is 0.250. The summed E-state index contributed by atoms with van der Waals surface area (Å²) in [5, 5.41) is 13.7. The molecule has 3 N–H and O–H groups in total. The number of thioether (sulfide) groups is 1. The van der Waals surface area contributed by atoms with Crippen molar-refractivity contribution in [2.45, 2.75) is 36.3 Å². The largest absolute Gasteiger partial charge is 0.481 e. The van der Waals surface area contributed by atoms with Gasteiger partial charge in [0.2, 0.25) is 11.8 Å². The van der Waals surface area contributed by atoms with E-state index in [1.807, 2.05) is 13.0 Å². The molecule has 28 heavy (non-hydrogen) atoms. The zero-order chi connectivity index (χ0) is 20.5. The number of benzene rings is 2. The Bertz CT molecular complexity index is 842. The first-order chi connectivity index (χ1) is 13.4. The number of aliphatic carboxylic acids is 1. The fourth-order valence-electron chi connectivity index (χ4n) is 2.33. The summed E-state index contributed by atoms with van der Waals surface area (Å²) in [7, 11) is 0. The summed E-state index contributed by atoms with van der Waals surface area (Å²) >= 11 is 1.35. The fourth-order valence-corrected chi connectivity index (χ4v) is 3.35. The normalized spacial score (nSPS) is 11.5. The maximum absolute atomic E-state index is 13.0. The van der Waals surface area contributed by atoms with Crippen molar-refractivity contribution in [2.75, 3.05) is 10.6 Å². The van der Waals surface area contributed by atoms with Gasteiger partial charge in [-0.15, -0.1) is 11.8 Å². The molecule has 0 saturated heterocycles. The summed E-state index contributed by atoms with van der Waals surface area (Å²) in [5.74, 6) is -1.99. The van der Waals surface area contributed by atoms with Crippen molar-refractivity contribution in [1.82, 2.24) is 0 Å². The first kappa shape index (κ1) is 21.4. The van der Waals surface area contributed by atoms with Crippen molar-refractivity contribution in [1.29, 1.82) is 0 Å². The SMILES string of the molecule is CCC(Sc1cccc(NC(=O)CCC(=O)O)c1)C(=O)Nc1ccc(F)cc1. The third-order valence-corrected chi connectivity index (χ3v) is 5.10. The lowest BCUT2D eigenvalue weighted by atomic mass is 10.2. The Morgan fingerprint density at radius 2 is 1.75 bits per heavy atom. The summed E-state index contributed by atoms with van der Waals surface area (Å²) < 4.78 is 13.0. The lowest BCUT2D eigenvalue weighted by molar-refractivity contribution is -0.138. The summed E-state index contributed by atoms with van der Waals surface area (Å²) in [5.41, 5.74) is 1.05. The second kappa shape index (κ2) is 10.5. The van der Waals surface area contributed by atoms with Crippen LogP contribution in [0.3, 0.4) is 0 Å². The second-order valence-electron chi connectivity index (χ2n) is 5.98. The Labute approximate surface area is 166 Å². The number of nitrogens with one attached hydrogen (secondary N) is 2. The van der Waals surface area contributed by atoms with Gasteiger partial charge in [-0.1, -0.05) is 13.0 Å². The molecule has 148 valence electrons. The molecule has 6 nitrogen and oxygen atoms in total. The monoisotopic (exact) mass is 404 g/mol. The molecule has 1 unspecified atom stereocenters. The zero-order valence-corrected chi connectivity index (χ0v) is 16.1. The molecule has 0 heterocycles. The van der Waals surface area contributed by atoms with E-state index in [1.165, 1.54) is 36.0 Å². The third kappa shape index (κ3) is 7.03. The minimum absolute atomic E-state index is 0.107. The smallest absolute Gasteiger partial charge is 0.303 e. The molecule has 2 aromatic rings. The number of hydrogen-bond acceptors (Lipinski definition) is 4. The van der Waals surface area contributed by atoms with Crippen LogP contribution in [0.1, 0.15) is 26.2 Å². The van der Waals surface area contributed by atoms with Crippen LogP contribution in [0.15, 0.2) is 53.4 Å². The molecule has 0 aromatic heterocycles. The van der Waals surface area contributed by atoms with E-state index in [0.717, 1.165) is 4.90 Å². The topological polar surface area (TPSA) is 95.5 Å². The molecule has 0 spiro atoms. The van der Waals surface area contributed by atoms with Crippen molar-refractivity contribution in [3.63, 3.8) is 0 Å². The van der Waals surface area contributed by atoms with Gasteiger partial charge in [-0.3, -0.25) is 14.4 Å². The Balaban J connectivity index is 1.98. The second-order valence-corrected chi connectivity index (χ2v) is 7.26. The predicted molar refractivity (Wildman–Crippen MR) is 107 cm³/mol. The van der Waals surface area contributed by atoms with Crippen molar-refractivity contribution in [2.24, 2.45) is 0 Å². The minimum atomic E-state index is -1.03. The minimum Gasteiger partial charge on any atom is -0.481 e. The quantitative estimate of drug-likeness (QED) is 0.546. The molecule has 2 aromatic carbocycles. The first-order valence-electron chi connectivity index (χ1n) is 8.72. The number of amides is 2. The average Bonchev–Trinajstić information content (AvgIpc) is 2.66. The van der Waals surface area contributed by atoms with Gasteiger partial charge in [0.15, 0.2) is 0 Å². The van der Waals surface area contributed by atoms with Crippen LogP contribution in [0.5, 0.6) is 0 Å². The van der Waals surface area contributed by atoms with E-state index in [1.54, 1.807) is 18.2 Å². The lowest BCUT2D eigenvalue weighted by Gasteiger charge is -2.15. The van der Waals surface area contributed by atoms with E-state index < -0.39 is 5.97 Å². The van der Waals surface area contributed by atoms with Crippen molar-refractivity contribution >= 4 is 40.9 Å². The number of carboxylic acid groups (broad SMARTS) is 1. The molecular formula is C20H21FN2O4S. The third-order valence-electron chi connectivity index (χ3n) is 3.74. The number of hydrogen-bond donors (Lipinski definition) is 3. The lowest BCUT2D eigenvalue weighted by Crippen LogP contribution is -2.24. The number of halogens is 1. The molecule has 0 bridgehead atoms. The van der Waals surface area contributed by atoms with E-state index in [-0.39, 0.29) is 35.7 Å². The van der Waals surface area contributed by atoms with Gasteiger partial charge < -0.3 is 15.7 Å². The van der Waals surface area contributed by atoms with Crippen LogP contribution in [-0.2, 0) is 14.4 Å². The van der Waals surface area contributed by atoms with Crippen LogP contribution >= 0.6 is 11.8 Å². The van der Waals surface area contributed by atoms with E-state index >= 15 is 0 Å². The van der Waals surface area contributed by atoms with Gasteiger partial charge in [0.1, 0.15) is 5.82 Å². The maximum atomic E-state index is 13.0. The van der Waals surface area contributed by atoms with Crippen molar-refractivity contribution in [3.05, 3.63) is 54.3 Å². The van der Waals surface area contributed by atoms with Crippen molar-refractivity contribution in [3.8, 4) is 0 Å². The molecule has 2 amide bonds. The standard InChI is InChI=1S/C20H21FN2O4S/c1-2-17(20(27)23-14-8-6-13(21)7-9-14)28-16-5-3-4-15(12-16)22-18(24)10-11-19(25)26/h3-9,12,17H,2,10-11H2,1H3,(H,22,24)(H,23,27)(H,25,26). The number of carbonyl (C=O) groups is 3. The predicted octanol–water partition coefficient (Wildman–Crippen LogP) is 4.14. The van der Waals surface area contributed by atoms with Crippen LogP contribution in [0, 0.1) is 5.82 Å². The maximum Gasteiger partial charge on any atom is 0.303 e. The highest BCUT2D eigenvalue weighted by Gasteiger charge is 2.18. The summed E-state index contributed by atoms with van der Waals surface area (Å²) in [6.45, 7) is 1.89. The molecule has 0 saturated carbocycles. The molecule has 0 fully saturated rings. The number of rotatable bonds is 9. The molecule has 0 radical (unpaired) electrons. The van der Waals surface area contributed by atoms with E-state index in [2.05, 4.69) is 10.6 Å². The van der Waals surface area contributed by atoms with Crippen LogP contribution in [-0.4, -0.2) is 28.1 Å². The van der Waals surface area contributed by atoms with Gasteiger partial charge in [0, 0.05) is 22.7 Å². The molecule has 0 aliphatic carbocycles. The number of carbonyl (C=O) groups excluding carboxylic acids is 2. The number of carboxylic acids is 1. The molecule has 1 atom stereocenters. The van der Waals surface area contributed by atoms with Crippen molar-refractivity contribution < 1.29 is 23.9 Å². The van der Waals surface area contributed by atoms with Crippen LogP contribution in [0.25, 0.3) is 0 Å². The van der Waals surface area contributed by atoms with Gasteiger partial charge in [-0.2, -0.15) is 0 Å². The first-order valence-corrected chi connectivity index (χ1v) is 9.60. The molecule has 2 rings (SSSR count). The Hall–Kier alpha value is -2.87. The zero-order valence-electron chi connectivity index (χ0n) is 15.3. The van der Waals surface area contributed by atoms with E-state index in [0.29, 0.717) is 17.8 Å². The Kier molecular flexibility index (Phi) is 8.01.